The SMILES string of the molecule is COCCn1nc(C)c(NC(=O)N2CCCOC(C)C2)c1C. The summed E-state index contributed by atoms with van der Waals surface area (Å²) in [4.78, 5) is 14.3. The third-order valence-corrected chi connectivity index (χ3v) is 3.86. The number of amides is 2. The third kappa shape index (κ3) is 3.98. The lowest BCUT2D eigenvalue weighted by Crippen LogP contribution is -2.39. The Morgan fingerprint density at radius 1 is 1.50 bits per heavy atom. The number of carbonyl (C=O) groups excluding carboxylic acids is 1. The predicted molar refractivity (Wildman–Crippen MR) is 84.2 cm³/mol. The monoisotopic (exact) mass is 310 g/mol. The Balaban J connectivity index is 2.06. The molecule has 1 saturated heterocycles. The molecule has 1 aromatic heterocycles. The fraction of sp³-hybridized carbons (Fsp3) is 0.733. The van der Waals surface area contributed by atoms with E-state index in [0.29, 0.717) is 32.8 Å². The Hall–Kier alpha value is -1.60. The van der Waals surface area contributed by atoms with E-state index in [2.05, 4.69) is 10.4 Å². The smallest absolute Gasteiger partial charge is 0.322 e. The summed E-state index contributed by atoms with van der Waals surface area (Å²) in [7, 11) is 1.66. The van der Waals surface area contributed by atoms with Crippen LogP contribution in [0.5, 0.6) is 0 Å². The maximum Gasteiger partial charge on any atom is 0.322 e. The first-order valence-corrected chi connectivity index (χ1v) is 7.73. The molecule has 2 heterocycles. The van der Waals surface area contributed by atoms with Crippen LogP contribution in [0.1, 0.15) is 24.7 Å². The van der Waals surface area contributed by atoms with Crippen molar-refractivity contribution in [3.63, 3.8) is 0 Å². The van der Waals surface area contributed by atoms with E-state index in [1.54, 1.807) is 7.11 Å². The predicted octanol–water partition coefficient (Wildman–Crippen LogP) is 1.79. The Morgan fingerprint density at radius 2 is 2.27 bits per heavy atom. The lowest BCUT2D eigenvalue weighted by atomic mass is 10.3. The zero-order valence-corrected chi connectivity index (χ0v) is 13.9. The number of nitrogens with one attached hydrogen (secondary N) is 1. The summed E-state index contributed by atoms with van der Waals surface area (Å²) in [5, 5.41) is 7.46. The molecule has 0 saturated carbocycles. The number of hydrogen-bond donors (Lipinski definition) is 1. The molecule has 0 bridgehead atoms. The molecule has 2 rings (SSSR count). The van der Waals surface area contributed by atoms with Crippen molar-refractivity contribution >= 4 is 11.7 Å². The summed E-state index contributed by atoms with van der Waals surface area (Å²) in [5.41, 5.74) is 2.56. The molecule has 1 fully saturated rings. The van der Waals surface area contributed by atoms with E-state index >= 15 is 0 Å². The fourth-order valence-electron chi connectivity index (χ4n) is 2.64. The summed E-state index contributed by atoms with van der Waals surface area (Å²) in [6.07, 6.45) is 0.933. The van der Waals surface area contributed by atoms with Gasteiger partial charge in [-0.15, -0.1) is 0 Å². The second kappa shape index (κ2) is 7.60. The molecule has 1 unspecified atom stereocenters. The highest BCUT2D eigenvalue weighted by Crippen LogP contribution is 2.20. The summed E-state index contributed by atoms with van der Waals surface area (Å²) >= 11 is 0. The molecule has 2 amide bonds. The number of urea groups is 1. The molecule has 1 aromatic rings. The molecule has 1 N–H and O–H groups in total. The number of hydrogen-bond acceptors (Lipinski definition) is 4. The molecule has 0 aromatic carbocycles. The van der Waals surface area contributed by atoms with Crippen LogP contribution in [-0.4, -0.2) is 60.2 Å². The number of aryl methyl sites for hydroxylation is 1. The van der Waals surface area contributed by atoms with Crippen molar-refractivity contribution in [3.8, 4) is 0 Å². The van der Waals surface area contributed by atoms with Gasteiger partial charge < -0.3 is 19.7 Å². The third-order valence-electron chi connectivity index (χ3n) is 3.86. The highest BCUT2D eigenvalue weighted by molar-refractivity contribution is 5.90. The average Bonchev–Trinajstić information content (AvgIpc) is 2.67. The van der Waals surface area contributed by atoms with E-state index in [1.165, 1.54) is 0 Å². The van der Waals surface area contributed by atoms with Gasteiger partial charge in [-0.1, -0.05) is 0 Å². The van der Waals surface area contributed by atoms with Crippen LogP contribution in [0.3, 0.4) is 0 Å². The van der Waals surface area contributed by atoms with E-state index in [-0.39, 0.29) is 12.1 Å². The lowest BCUT2D eigenvalue weighted by Gasteiger charge is -2.22. The molecule has 124 valence electrons. The van der Waals surface area contributed by atoms with Crippen molar-refractivity contribution < 1.29 is 14.3 Å². The molecular formula is C15H26N4O3. The topological polar surface area (TPSA) is 68.6 Å². The van der Waals surface area contributed by atoms with E-state index in [4.69, 9.17) is 9.47 Å². The highest BCUT2D eigenvalue weighted by atomic mass is 16.5. The van der Waals surface area contributed by atoms with E-state index in [1.807, 2.05) is 30.4 Å². The van der Waals surface area contributed by atoms with Crippen molar-refractivity contribution in [1.82, 2.24) is 14.7 Å². The zero-order chi connectivity index (χ0) is 16.1. The van der Waals surface area contributed by atoms with Gasteiger partial charge in [0, 0.05) is 26.8 Å². The van der Waals surface area contributed by atoms with Gasteiger partial charge in [0.25, 0.3) is 0 Å². The second-order valence-corrected chi connectivity index (χ2v) is 5.67. The van der Waals surface area contributed by atoms with Crippen molar-refractivity contribution in [2.45, 2.75) is 39.8 Å². The summed E-state index contributed by atoms with van der Waals surface area (Å²) in [6, 6.07) is -0.0881. The van der Waals surface area contributed by atoms with Gasteiger partial charge in [0.15, 0.2) is 0 Å². The van der Waals surface area contributed by atoms with Crippen molar-refractivity contribution in [1.29, 1.82) is 0 Å². The summed E-state index contributed by atoms with van der Waals surface area (Å²) < 4.78 is 12.5. The Kier molecular flexibility index (Phi) is 5.79. The molecule has 0 aliphatic carbocycles. The van der Waals surface area contributed by atoms with Gasteiger partial charge in [0.1, 0.15) is 0 Å². The maximum absolute atomic E-state index is 12.5. The van der Waals surface area contributed by atoms with Gasteiger partial charge in [-0.3, -0.25) is 4.68 Å². The number of methoxy groups -OCH3 is 1. The van der Waals surface area contributed by atoms with Crippen LogP contribution in [0.15, 0.2) is 0 Å². The first-order valence-electron chi connectivity index (χ1n) is 7.73. The number of carbonyl (C=O) groups is 1. The number of anilines is 1. The Labute approximate surface area is 131 Å². The number of ether oxygens (including phenoxy) is 2. The Bertz CT molecular complexity index is 515. The molecule has 1 aliphatic heterocycles. The quantitative estimate of drug-likeness (QED) is 0.920. The fourth-order valence-corrected chi connectivity index (χ4v) is 2.64. The molecule has 22 heavy (non-hydrogen) atoms. The van der Waals surface area contributed by atoms with Crippen LogP contribution < -0.4 is 5.32 Å². The van der Waals surface area contributed by atoms with Gasteiger partial charge in [0.2, 0.25) is 0 Å². The van der Waals surface area contributed by atoms with Gasteiger partial charge in [-0.2, -0.15) is 5.10 Å². The number of rotatable bonds is 4. The van der Waals surface area contributed by atoms with E-state index < -0.39 is 0 Å². The standard InChI is InChI=1S/C15H26N4O3/c1-11-10-18(6-5-8-22-11)15(20)16-14-12(2)17-19(13(14)3)7-9-21-4/h11H,5-10H2,1-4H3,(H,16,20). The van der Waals surface area contributed by atoms with Gasteiger partial charge in [-0.05, 0) is 27.2 Å². The van der Waals surface area contributed by atoms with Gasteiger partial charge in [-0.25, -0.2) is 4.79 Å². The number of nitrogens with zero attached hydrogens (tertiary/aromatic N) is 3. The molecule has 7 nitrogen and oxygen atoms in total. The van der Waals surface area contributed by atoms with Crippen molar-refractivity contribution in [2.75, 3.05) is 38.7 Å². The van der Waals surface area contributed by atoms with Crippen LogP contribution >= 0.6 is 0 Å². The van der Waals surface area contributed by atoms with Crippen LogP contribution in [-0.2, 0) is 16.0 Å². The molecule has 1 atom stereocenters. The van der Waals surface area contributed by atoms with Crippen LogP contribution in [0.4, 0.5) is 10.5 Å². The largest absolute Gasteiger partial charge is 0.383 e. The minimum Gasteiger partial charge on any atom is -0.383 e. The molecular weight excluding hydrogens is 284 g/mol. The van der Waals surface area contributed by atoms with Gasteiger partial charge in [0.05, 0.1) is 36.3 Å². The van der Waals surface area contributed by atoms with Gasteiger partial charge >= 0.3 is 6.03 Å². The molecule has 7 heteroatoms. The zero-order valence-electron chi connectivity index (χ0n) is 13.9. The normalized spacial score (nSPS) is 19.1. The molecule has 0 spiro atoms. The highest BCUT2D eigenvalue weighted by Gasteiger charge is 2.22. The first-order chi connectivity index (χ1) is 10.5. The van der Waals surface area contributed by atoms with Crippen molar-refractivity contribution in [3.05, 3.63) is 11.4 Å². The summed E-state index contributed by atoms with van der Waals surface area (Å²) in [6.45, 7) is 9.15. The van der Waals surface area contributed by atoms with Crippen LogP contribution in [0.2, 0.25) is 0 Å². The van der Waals surface area contributed by atoms with E-state index in [0.717, 1.165) is 23.5 Å². The minimum absolute atomic E-state index is 0.0693. The van der Waals surface area contributed by atoms with Crippen molar-refractivity contribution in [2.24, 2.45) is 0 Å². The van der Waals surface area contributed by atoms with Crippen LogP contribution in [0.25, 0.3) is 0 Å². The minimum atomic E-state index is -0.0881. The second-order valence-electron chi connectivity index (χ2n) is 5.67. The van der Waals surface area contributed by atoms with Crippen LogP contribution in [0, 0.1) is 13.8 Å². The van der Waals surface area contributed by atoms with E-state index in [9.17, 15) is 4.79 Å². The Morgan fingerprint density at radius 3 is 3.00 bits per heavy atom. The summed E-state index contributed by atoms with van der Waals surface area (Å²) in [5.74, 6) is 0. The molecule has 1 aliphatic rings. The first kappa shape index (κ1) is 16.8. The maximum atomic E-state index is 12.5. The number of aromatic nitrogens is 2. The molecule has 0 radical (unpaired) electrons. The average molecular weight is 310 g/mol. The lowest BCUT2D eigenvalue weighted by molar-refractivity contribution is 0.0718.